The summed E-state index contributed by atoms with van der Waals surface area (Å²) in [6.45, 7) is 1.71. The molecule has 3 aromatic rings. The van der Waals surface area contributed by atoms with Gasteiger partial charge in [0.25, 0.3) is 0 Å². The van der Waals surface area contributed by atoms with Crippen LogP contribution in [0.1, 0.15) is 11.1 Å². The van der Waals surface area contributed by atoms with Crippen molar-refractivity contribution in [3.05, 3.63) is 77.9 Å². The highest BCUT2D eigenvalue weighted by Gasteiger charge is 2.23. The summed E-state index contributed by atoms with van der Waals surface area (Å²) in [4.78, 5) is 24.0. The normalized spacial score (nSPS) is 13.3. The van der Waals surface area contributed by atoms with Gasteiger partial charge in [0, 0.05) is 24.3 Å². The number of fused-ring (bicyclic) bond motifs is 1. The molecule has 0 spiro atoms. The number of para-hydroxylation sites is 1. The van der Waals surface area contributed by atoms with E-state index < -0.39 is 7.82 Å². The largest absolute Gasteiger partial charge is 0.780 e. The predicted molar refractivity (Wildman–Crippen MR) is 108 cm³/mol. The summed E-state index contributed by atoms with van der Waals surface area (Å²) in [6, 6.07) is 20.8. The molecule has 0 fully saturated rings. The van der Waals surface area contributed by atoms with Crippen molar-refractivity contribution < 1.29 is 23.6 Å². The van der Waals surface area contributed by atoms with Crippen molar-refractivity contribution in [1.29, 1.82) is 0 Å². The molecule has 1 aliphatic heterocycles. The lowest BCUT2D eigenvalue weighted by molar-refractivity contribution is -0.333. The van der Waals surface area contributed by atoms with E-state index in [1.807, 2.05) is 24.3 Å². The van der Waals surface area contributed by atoms with Crippen LogP contribution in [0.4, 0.5) is 5.69 Å². The van der Waals surface area contributed by atoms with Gasteiger partial charge in [0.15, 0.2) is 0 Å². The molecule has 6 nitrogen and oxygen atoms in total. The van der Waals surface area contributed by atoms with E-state index >= 15 is 0 Å². The number of nitrogens with zero attached hydrogens (tertiary/aromatic N) is 1. The van der Waals surface area contributed by atoms with Crippen LogP contribution in [0, 0.1) is 0 Å². The van der Waals surface area contributed by atoms with Crippen LogP contribution in [0.5, 0.6) is 11.5 Å². The summed E-state index contributed by atoms with van der Waals surface area (Å²) in [7, 11) is -3.41. The Morgan fingerprint density at radius 2 is 1.66 bits per heavy atom. The molecule has 0 saturated carbocycles. The van der Waals surface area contributed by atoms with Crippen LogP contribution < -0.4 is 23.9 Å². The van der Waals surface area contributed by atoms with Gasteiger partial charge >= 0.3 is 0 Å². The van der Waals surface area contributed by atoms with Gasteiger partial charge < -0.3 is 28.5 Å². The van der Waals surface area contributed by atoms with Crippen LogP contribution in [-0.2, 0) is 17.5 Å². The van der Waals surface area contributed by atoms with E-state index in [-0.39, 0.29) is 5.75 Å². The van der Waals surface area contributed by atoms with Gasteiger partial charge in [-0.3, -0.25) is 0 Å². The number of ether oxygens (including phenoxy) is 1. The Morgan fingerprint density at radius 3 is 2.31 bits per heavy atom. The number of phosphoric ester groups is 1. The molecule has 0 bridgehead atoms. The van der Waals surface area contributed by atoms with E-state index in [9.17, 15) is 14.4 Å². The summed E-state index contributed by atoms with van der Waals surface area (Å²) in [5, 5.41) is 0. The minimum absolute atomic E-state index is 0.0183. The van der Waals surface area contributed by atoms with Gasteiger partial charge in [-0.05, 0) is 47.4 Å². The summed E-state index contributed by atoms with van der Waals surface area (Å²) < 4.78 is 20.5. The number of benzene rings is 3. The minimum Gasteiger partial charge on any atom is -0.780 e. The van der Waals surface area contributed by atoms with Crippen molar-refractivity contribution in [2.24, 2.45) is 0 Å². The van der Waals surface area contributed by atoms with Gasteiger partial charge in [-0.15, -0.1) is 0 Å². The van der Waals surface area contributed by atoms with E-state index in [1.54, 1.807) is 19.2 Å². The Morgan fingerprint density at radius 1 is 0.966 bits per heavy atom. The molecule has 0 N–H and O–H groups in total. The molecule has 3 aromatic carbocycles. The van der Waals surface area contributed by atoms with E-state index in [0.717, 1.165) is 36.4 Å². The third-order valence-corrected chi connectivity index (χ3v) is 5.44. The second kappa shape index (κ2) is 7.91. The Kier molecular flexibility index (Phi) is 5.33. The average Bonchev–Trinajstić information content (AvgIpc) is 3.11. The zero-order chi connectivity index (χ0) is 20.4. The zero-order valence-electron chi connectivity index (χ0n) is 15.9. The molecule has 0 saturated heterocycles. The zero-order valence-corrected chi connectivity index (χ0v) is 16.8. The first-order valence-corrected chi connectivity index (χ1v) is 10.7. The Labute approximate surface area is 169 Å². The standard InChI is InChI=1S/C22H22NO5P/c1-27-19-9-5-16(6-10-19)15-23-14-13-18-3-2-4-21(22(18)23)17-7-11-20(12-8-17)28-29(24,25)26/h2-12H,13-15H2,1H3,(H2,24,25,26)/p-2. The molecule has 4 rings (SSSR count). The van der Waals surface area contributed by atoms with Crippen LogP contribution in [0.25, 0.3) is 11.1 Å². The predicted octanol–water partition coefficient (Wildman–Crippen LogP) is 3.13. The summed E-state index contributed by atoms with van der Waals surface area (Å²) in [5.41, 5.74) is 5.64. The van der Waals surface area contributed by atoms with Crippen molar-refractivity contribution in [2.45, 2.75) is 13.0 Å². The van der Waals surface area contributed by atoms with Gasteiger partial charge in [0.05, 0.1) is 7.11 Å². The van der Waals surface area contributed by atoms with Crippen LogP contribution in [0.2, 0.25) is 0 Å². The van der Waals surface area contributed by atoms with Gasteiger partial charge in [0.2, 0.25) is 0 Å². The number of hydrogen-bond acceptors (Lipinski definition) is 6. The number of hydrogen-bond donors (Lipinski definition) is 0. The number of anilines is 1. The molecular weight excluding hydrogens is 389 g/mol. The van der Waals surface area contributed by atoms with Crippen LogP contribution >= 0.6 is 7.82 Å². The van der Waals surface area contributed by atoms with Crippen molar-refractivity contribution in [3.63, 3.8) is 0 Å². The first-order chi connectivity index (χ1) is 13.9. The van der Waals surface area contributed by atoms with Crippen LogP contribution in [0.3, 0.4) is 0 Å². The molecule has 1 aliphatic rings. The lowest BCUT2D eigenvalue weighted by Gasteiger charge is -2.29. The lowest BCUT2D eigenvalue weighted by Crippen LogP contribution is -2.20. The topological polar surface area (TPSA) is 84.9 Å². The first kappa shape index (κ1) is 19.5. The Balaban J connectivity index is 1.62. The maximum atomic E-state index is 10.8. The molecule has 0 atom stereocenters. The van der Waals surface area contributed by atoms with Gasteiger partial charge in [-0.25, -0.2) is 0 Å². The highest BCUT2D eigenvalue weighted by atomic mass is 31.2. The molecule has 1 heterocycles. The molecule has 0 aliphatic carbocycles. The summed E-state index contributed by atoms with van der Waals surface area (Å²) in [6.07, 6.45) is 0.968. The van der Waals surface area contributed by atoms with Crippen molar-refractivity contribution in [2.75, 3.05) is 18.6 Å². The van der Waals surface area contributed by atoms with Gasteiger partial charge in [-0.1, -0.05) is 42.5 Å². The fourth-order valence-corrected chi connectivity index (χ4v) is 4.08. The van der Waals surface area contributed by atoms with Gasteiger partial charge in [-0.2, -0.15) is 0 Å². The van der Waals surface area contributed by atoms with Gasteiger partial charge in [0.1, 0.15) is 19.3 Å². The molecule has 0 aromatic heterocycles. The number of methoxy groups -OCH3 is 1. The quantitative estimate of drug-likeness (QED) is 0.582. The second-order valence-electron chi connectivity index (χ2n) is 6.90. The highest BCUT2D eigenvalue weighted by molar-refractivity contribution is 7.43. The molecule has 29 heavy (non-hydrogen) atoms. The molecule has 150 valence electrons. The van der Waals surface area contributed by atoms with E-state index in [2.05, 4.69) is 27.6 Å². The fourth-order valence-electron chi connectivity index (χ4n) is 3.70. The molecule has 7 heteroatoms. The maximum Gasteiger partial charge on any atom is 0.124 e. The lowest BCUT2D eigenvalue weighted by atomic mass is 10.00. The average molecular weight is 409 g/mol. The third-order valence-electron chi connectivity index (χ3n) is 5.00. The molecule has 0 unspecified atom stereocenters. The highest BCUT2D eigenvalue weighted by Crippen LogP contribution is 2.40. The molecule has 0 amide bonds. The van der Waals surface area contributed by atoms with Crippen molar-refractivity contribution in [3.8, 4) is 22.6 Å². The van der Waals surface area contributed by atoms with E-state index in [4.69, 9.17) is 4.74 Å². The van der Waals surface area contributed by atoms with Crippen molar-refractivity contribution >= 4 is 13.5 Å². The fraction of sp³-hybridized carbons (Fsp3) is 0.182. The Hall–Kier alpha value is -2.79. The summed E-state index contributed by atoms with van der Waals surface area (Å²) >= 11 is 0. The Bertz CT molecular complexity index is 1040. The maximum absolute atomic E-state index is 10.8. The smallest absolute Gasteiger partial charge is 0.124 e. The number of rotatable bonds is 6. The third kappa shape index (κ3) is 4.46. The number of phosphoric acid groups is 1. The molecular formula is C22H20NO5P-2. The van der Waals surface area contributed by atoms with Crippen LogP contribution in [0.15, 0.2) is 66.7 Å². The SMILES string of the molecule is COc1ccc(CN2CCc3cccc(-c4ccc(OP(=O)([O-])[O-])cc4)c32)cc1. The second-order valence-corrected chi connectivity index (χ2v) is 7.97. The summed E-state index contributed by atoms with van der Waals surface area (Å²) in [5.74, 6) is 0.851. The van der Waals surface area contributed by atoms with E-state index in [1.165, 1.54) is 28.9 Å². The minimum atomic E-state index is -5.06. The molecule has 0 radical (unpaired) electrons. The van der Waals surface area contributed by atoms with Crippen molar-refractivity contribution in [1.82, 2.24) is 0 Å². The van der Waals surface area contributed by atoms with Crippen LogP contribution in [-0.4, -0.2) is 13.7 Å². The van der Waals surface area contributed by atoms with E-state index in [0.29, 0.717) is 0 Å². The first-order valence-electron chi connectivity index (χ1n) is 9.25. The monoisotopic (exact) mass is 409 g/mol.